The number of aromatic nitrogens is 1. The predicted octanol–water partition coefficient (Wildman–Crippen LogP) is 2.99. The number of hydrazine groups is 1. The van der Waals surface area contributed by atoms with Gasteiger partial charge in [-0.3, -0.25) is 15.6 Å². The number of nitrogens with zero attached hydrogens (tertiary/aromatic N) is 2. The Kier molecular flexibility index (Phi) is 5.93. The molecule has 1 aromatic heterocycles. The van der Waals surface area contributed by atoms with Gasteiger partial charge in [0.15, 0.2) is 0 Å². The number of sulfonamides is 1. The van der Waals surface area contributed by atoms with Crippen LogP contribution >= 0.6 is 11.3 Å². The molecule has 0 aliphatic carbocycles. The van der Waals surface area contributed by atoms with Crippen LogP contribution < -0.4 is 10.9 Å². The van der Waals surface area contributed by atoms with Gasteiger partial charge >= 0.3 is 0 Å². The van der Waals surface area contributed by atoms with E-state index in [4.69, 9.17) is 4.74 Å². The molecule has 2 aromatic carbocycles. The summed E-state index contributed by atoms with van der Waals surface area (Å²) < 4.78 is 47.2. The summed E-state index contributed by atoms with van der Waals surface area (Å²) in [6.45, 7) is 4.22. The molecule has 1 saturated heterocycles. The Bertz CT molecular complexity index is 1200. The smallest absolute Gasteiger partial charge is 0.269 e. The second-order valence-electron chi connectivity index (χ2n) is 7.29. The van der Waals surface area contributed by atoms with E-state index in [9.17, 15) is 17.6 Å². The van der Waals surface area contributed by atoms with Crippen LogP contribution in [0, 0.1) is 5.82 Å². The van der Waals surface area contributed by atoms with Crippen LogP contribution in [0.2, 0.25) is 0 Å². The molecule has 4 rings (SSSR count). The molecule has 0 saturated carbocycles. The lowest BCUT2D eigenvalue weighted by molar-refractivity contribution is -0.0440. The van der Waals surface area contributed by atoms with Gasteiger partial charge in [-0.25, -0.2) is 17.8 Å². The van der Waals surface area contributed by atoms with Crippen molar-refractivity contribution in [3.8, 4) is 0 Å². The molecule has 0 spiro atoms. The number of rotatable bonds is 5. The third-order valence-electron chi connectivity index (χ3n) is 4.79. The summed E-state index contributed by atoms with van der Waals surface area (Å²) in [6.07, 6.45) is -0.378. The quantitative estimate of drug-likeness (QED) is 0.563. The van der Waals surface area contributed by atoms with Crippen molar-refractivity contribution in [2.45, 2.75) is 31.0 Å². The lowest BCUT2D eigenvalue weighted by Gasteiger charge is -2.34. The first-order chi connectivity index (χ1) is 14.7. The van der Waals surface area contributed by atoms with Gasteiger partial charge in [0.1, 0.15) is 11.3 Å². The van der Waals surface area contributed by atoms with Gasteiger partial charge in [-0.1, -0.05) is 17.4 Å². The Morgan fingerprint density at radius 2 is 1.84 bits per heavy atom. The number of hydrogen-bond donors (Lipinski definition) is 2. The van der Waals surface area contributed by atoms with Gasteiger partial charge in [-0.15, -0.1) is 0 Å². The van der Waals surface area contributed by atoms with Gasteiger partial charge in [-0.2, -0.15) is 4.31 Å². The van der Waals surface area contributed by atoms with Crippen molar-refractivity contribution in [3.05, 3.63) is 53.8 Å². The Balaban J connectivity index is 1.43. The second kappa shape index (κ2) is 8.50. The van der Waals surface area contributed by atoms with E-state index in [-0.39, 0.29) is 41.3 Å². The average Bonchev–Trinajstić information content (AvgIpc) is 3.16. The molecule has 3 aromatic rings. The number of para-hydroxylation sites is 1. The Morgan fingerprint density at radius 3 is 2.48 bits per heavy atom. The lowest BCUT2D eigenvalue weighted by atomic mass is 10.2. The van der Waals surface area contributed by atoms with E-state index in [2.05, 4.69) is 15.8 Å². The van der Waals surface area contributed by atoms with Crippen molar-refractivity contribution in [1.82, 2.24) is 14.7 Å². The van der Waals surface area contributed by atoms with Crippen molar-refractivity contribution in [1.29, 1.82) is 0 Å². The molecule has 1 aliphatic rings. The predicted molar refractivity (Wildman–Crippen MR) is 116 cm³/mol. The summed E-state index contributed by atoms with van der Waals surface area (Å²) in [6, 6.07) is 10.3. The molecule has 11 heteroatoms. The highest BCUT2D eigenvalue weighted by molar-refractivity contribution is 7.89. The van der Waals surface area contributed by atoms with E-state index < -0.39 is 21.7 Å². The van der Waals surface area contributed by atoms with Crippen LogP contribution in [0.4, 0.5) is 9.52 Å². The molecule has 8 nitrogen and oxygen atoms in total. The molecule has 2 heterocycles. The van der Waals surface area contributed by atoms with Gasteiger partial charge in [0, 0.05) is 18.7 Å². The Morgan fingerprint density at radius 1 is 1.16 bits per heavy atom. The molecule has 1 fully saturated rings. The van der Waals surface area contributed by atoms with E-state index >= 15 is 0 Å². The lowest BCUT2D eigenvalue weighted by Crippen LogP contribution is -2.48. The number of hydrogen-bond acceptors (Lipinski definition) is 7. The number of carbonyl (C=O) groups is 1. The molecule has 31 heavy (non-hydrogen) atoms. The highest BCUT2D eigenvalue weighted by Crippen LogP contribution is 2.27. The third kappa shape index (κ3) is 4.54. The maximum atomic E-state index is 13.7. The first-order valence-electron chi connectivity index (χ1n) is 9.61. The fourth-order valence-corrected chi connectivity index (χ4v) is 5.83. The van der Waals surface area contributed by atoms with Crippen molar-refractivity contribution >= 4 is 42.6 Å². The number of morpholine rings is 1. The van der Waals surface area contributed by atoms with Crippen LogP contribution in [-0.4, -0.2) is 48.9 Å². The zero-order chi connectivity index (χ0) is 22.2. The SMILES string of the molecule is CC1CN(S(=O)(=O)c2ccc(C(=O)NNc3nc4c(F)cccc4s3)cc2)CC(C)O1. The Labute approximate surface area is 183 Å². The van der Waals surface area contributed by atoms with E-state index in [0.29, 0.717) is 9.83 Å². The number of carbonyl (C=O) groups excluding carboxylic acids is 1. The van der Waals surface area contributed by atoms with Crippen molar-refractivity contribution < 1.29 is 22.3 Å². The number of amides is 1. The van der Waals surface area contributed by atoms with Gasteiger partial charge < -0.3 is 4.74 Å². The van der Waals surface area contributed by atoms with Gasteiger partial charge in [0.25, 0.3) is 5.91 Å². The highest BCUT2D eigenvalue weighted by Gasteiger charge is 2.32. The van der Waals surface area contributed by atoms with Crippen LogP contribution in [0.25, 0.3) is 10.2 Å². The topological polar surface area (TPSA) is 101 Å². The number of nitrogens with one attached hydrogen (secondary N) is 2. The van der Waals surface area contributed by atoms with Gasteiger partial charge in [0.2, 0.25) is 15.2 Å². The van der Waals surface area contributed by atoms with E-state index in [1.807, 2.05) is 13.8 Å². The number of ether oxygens (including phenoxy) is 1. The summed E-state index contributed by atoms with van der Waals surface area (Å²) in [5.74, 6) is -0.911. The average molecular weight is 465 g/mol. The number of benzene rings is 2. The zero-order valence-electron chi connectivity index (χ0n) is 16.8. The second-order valence-corrected chi connectivity index (χ2v) is 10.3. The summed E-state index contributed by atoms with van der Waals surface area (Å²) in [5, 5.41) is 0.336. The van der Waals surface area contributed by atoms with Crippen LogP contribution in [0.1, 0.15) is 24.2 Å². The normalized spacial score (nSPS) is 20.0. The van der Waals surface area contributed by atoms with E-state index in [0.717, 1.165) is 0 Å². The molecule has 1 aliphatic heterocycles. The highest BCUT2D eigenvalue weighted by atomic mass is 32.2. The number of fused-ring (bicyclic) bond motifs is 1. The summed E-state index contributed by atoms with van der Waals surface area (Å²) in [5.41, 5.74) is 5.65. The molecular weight excluding hydrogens is 443 g/mol. The summed E-state index contributed by atoms with van der Waals surface area (Å²) in [7, 11) is -3.68. The number of anilines is 1. The van der Waals surface area contributed by atoms with E-state index in [1.165, 1.54) is 46.0 Å². The van der Waals surface area contributed by atoms with Crippen molar-refractivity contribution in [2.24, 2.45) is 0 Å². The first kappa shape index (κ1) is 21.6. The molecule has 2 N–H and O–H groups in total. The zero-order valence-corrected chi connectivity index (χ0v) is 18.5. The molecule has 0 bridgehead atoms. The minimum absolute atomic E-state index is 0.111. The summed E-state index contributed by atoms with van der Waals surface area (Å²) >= 11 is 1.20. The van der Waals surface area contributed by atoms with Crippen molar-refractivity contribution in [3.63, 3.8) is 0 Å². The fourth-order valence-electron chi connectivity index (χ4n) is 3.41. The van der Waals surface area contributed by atoms with E-state index in [1.54, 1.807) is 12.1 Å². The van der Waals surface area contributed by atoms with Gasteiger partial charge in [0.05, 0.1) is 21.8 Å². The fraction of sp³-hybridized carbons (Fsp3) is 0.300. The largest absolute Gasteiger partial charge is 0.373 e. The number of halogens is 1. The molecule has 0 radical (unpaired) electrons. The van der Waals surface area contributed by atoms with Crippen molar-refractivity contribution in [2.75, 3.05) is 18.5 Å². The number of thiazole rings is 1. The molecule has 2 atom stereocenters. The Hall–Kier alpha value is -2.60. The van der Waals surface area contributed by atoms with Crippen LogP contribution in [-0.2, 0) is 14.8 Å². The van der Waals surface area contributed by atoms with Crippen LogP contribution in [0.3, 0.4) is 0 Å². The minimum atomic E-state index is -3.68. The summed E-state index contributed by atoms with van der Waals surface area (Å²) in [4.78, 5) is 16.6. The molecule has 164 valence electrons. The monoisotopic (exact) mass is 464 g/mol. The standard InChI is InChI=1S/C20H21FN4O4S2/c1-12-10-25(11-13(2)29-12)31(27,28)15-8-6-14(7-9-15)19(26)23-24-20-22-18-16(21)4-3-5-17(18)30-20/h3-9,12-13H,10-11H2,1-2H3,(H,22,24)(H,23,26). The first-order valence-corrected chi connectivity index (χ1v) is 11.9. The maximum Gasteiger partial charge on any atom is 0.269 e. The third-order valence-corrected chi connectivity index (χ3v) is 7.58. The molecular formula is C20H21FN4O4S2. The minimum Gasteiger partial charge on any atom is -0.373 e. The van der Waals surface area contributed by atoms with Gasteiger partial charge in [-0.05, 0) is 50.2 Å². The van der Waals surface area contributed by atoms with Crippen LogP contribution in [0.15, 0.2) is 47.4 Å². The maximum absolute atomic E-state index is 13.7. The molecule has 1 amide bonds. The van der Waals surface area contributed by atoms with Crippen LogP contribution in [0.5, 0.6) is 0 Å². The molecule has 2 unspecified atom stereocenters.